The summed E-state index contributed by atoms with van der Waals surface area (Å²) in [4.78, 5) is 0. The average Bonchev–Trinajstić information content (AvgIpc) is 2.47. The summed E-state index contributed by atoms with van der Waals surface area (Å²) in [5.41, 5.74) is 1.39. The summed E-state index contributed by atoms with van der Waals surface area (Å²) in [5.74, 6) is 0.928. The summed E-state index contributed by atoms with van der Waals surface area (Å²) >= 11 is 0. The lowest BCUT2D eigenvalue weighted by Gasteiger charge is -2.54. The largest absolute Gasteiger partial charge is 0.494 e. The van der Waals surface area contributed by atoms with Gasteiger partial charge in [0.15, 0.2) is 0 Å². The van der Waals surface area contributed by atoms with Crippen molar-refractivity contribution < 1.29 is 9.47 Å². The zero-order valence-corrected chi connectivity index (χ0v) is 13.1. The summed E-state index contributed by atoms with van der Waals surface area (Å²) < 4.78 is 11.3. The van der Waals surface area contributed by atoms with E-state index in [0.29, 0.717) is 18.8 Å². The van der Waals surface area contributed by atoms with Gasteiger partial charge in [0, 0.05) is 23.8 Å². The Labute approximate surface area is 122 Å². The molecule has 3 nitrogen and oxygen atoms in total. The van der Waals surface area contributed by atoms with Crippen molar-refractivity contribution in [2.24, 2.45) is 5.41 Å². The van der Waals surface area contributed by atoms with E-state index >= 15 is 0 Å². The summed E-state index contributed by atoms with van der Waals surface area (Å²) in [6, 6.07) is 8.72. The fourth-order valence-corrected chi connectivity index (χ4v) is 2.99. The van der Waals surface area contributed by atoms with Gasteiger partial charge < -0.3 is 14.8 Å². The minimum atomic E-state index is 0.231. The first-order valence-corrected chi connectivity index (χ1v) is 7.75. The molecule has 0 spiro atoms. The molecule has 0 amide bonds. The van der Waals surface area contributed by atoms with Gasteiger partial charge in [0.1, 0.15) is 5.75 Å². The van der Waals surface area contributed by atoms with E-state index in [4.69, 9.17) is 9.47 Å². The van der Waals surface area contributed by atoms with Crippen LogP contribution < -0.4 is 10.1 Å². The van der Waals surface area contributed by atoms with E-state index in [2.05, 4.69) is 38.2 Å². The maximum Gasteiger partial charge on any atom is 0.119 e. The van der Waals surface area contributed by atoms with Gasteiger partial charge >= 0.3 is 0 Å². The van der Waals surface area contributed by atoms with Crippen molar-refractivity contribution in [1.29, 1.82) is 0 Å². The van der Waals surface area contributed by atoms with E-state index in [1.807, 2.05) is 19.1 Å². The maximum absolute atomic E-state index is 5.84. The molecule has 3 atom stereocenters. The van der Waals surface area contributed by atoms with Crippen LogP contribution in [-0.2, 0) is 4.74 Å². The van der Waals surface area contributed by atoms with Crippen LogP contribution in [0.3, 0.4) is 0 Å². The first-order valence-electron chi connectivity index (χ1n) is 7.75. The lowest BCUT2D eigenvalue weighted by atomic mass is 9.61. The Bertz CT molecular complexity index is 418. The lowest BCUT2D eigenvalue weighted by Crippen LogP contribution is -2.59. The van der Waals surface area contributed by atoms with Gasteiger partial charge in [-0.15, -0.1) is 0 Å². The zero-order chi connectivity index (χ0) is 14.6. The Morgan fingerprint density at radius 1 is 1.15 bits per heavy atom. The summed E-state index contributed by atoms with van der Waals surface area (Å²) in [6.45, 7) is 10.2. The topological polar surface area (TPSA) is 30.5 Å². The first kappa shape index (κ1) is 15.2. The van der Waals surface area contributed by atoms with Gasteiger partial charge in [-0.05, 0) is 51.0 Å². The molecule has 2 rings (SSSR count). The highest BCUT2D eigenvalue weighted by atomic mass is 16.5. The molecule has 20 heavy (non-hydrogen) atoms. The van der Waals surface area contributed by atoms with Crippen LogP contribution in [0.25, 0.3) is 0 Å². The summed E-state index contributed by atoms with van der Waals surface area (Å²) in [6.07, 6.45) is 2.61. The molecular weight excluding hydrogens is 250 g/mol. The number of ether oxygens (including phenoxy) is 2. The van der Waals surface area contributed by atoms with E-state index in [9.17, 15) is 0 Å². The molecule has 3 unspecified atom stereocenters. The molecule has 1 fully saturated rings. The third kappa shape index (κ3) is 2.93. The van der Waals surface area contributed by atoms with Crippen molar-refractivity contribution in [2.75, 3.05) is 18.5 Å². The third-order valence-corrected chi connectivity index (χ3v) is 4.62. The van der Waals surface area contributed by atoms with E-state index in [1.165, 1.54) is 0 Å². The molecule has 1 saturated carbocycles. The predicted octanol–water partition coefficient (Wildman–Crippen LogP) is 4.09. The molecule has 0 saturated heterocycles. The predicted molar refractivity (Wildman–Crippen MR) is 83.5 cm³/mol. The Balaban J connectivity index is 1.96. The van der Waals surface area contributed by atoms with Gasteiger partial charge in [0.05, 0.1) is 12.7 Å². The number of benzene rings is 1. The van der Waals surface area contributed by atoms with Crippen molar-refractivity contribution in [3.63, 3.8) is 0 Å². The van der Waals surface area contributed by atoms with Crippen molar-refractivity contribution in [1.82, 2.24) is 0 Å². The summed E-state index contributed by atoms with van der Waals surface area (Å²) in [7, 11) is 0. The third-order valence-electron chi connectivity index (χ3n) is 4.62. The molecule has 3 heteroatoms. The average molecular weight is 277 g/mol. The van der Waals surface area contributed by atoms with Crippen LogP contribution in [0.5, 0.6) is 5.75 Å². The van der Waals surface area contributed by atoms with Gasteiger partial charge in [-0.25, -0.2) is 0 Å². The second-order valence-electron chi connectivity index (χ2n) is 5.69. The molecule has 1 aromatic rings. The van der Waals surface area contributed by atoms with Crippen molar-refractivity contribution >= 4 is 5.69 Å². The van der Waals surface area contributed by atoms with Crippen LogP contribution in [0.4, 0.5) is 5.69 Å². The number of rotatable bonds is 7. The number of anilines is 1. The lowest BCUT2D eigenvalue weighted by molar-refractivity contribution is -0.109. The molecule has 1 aliphatic rings. The second kappa shape index (κ2) is 6.49. The molecule has 112 valence electrons. The smallest absolute Gasteiger partial charge is 0.119 e. The molecule has 0 radical (unpaired) electrons. The standard InChI is InChI=1S/C17H27NO2/c1-5-17(4)15(12-16(17)20-7-3)18-13-8-10-14(11-9-13)19-6-2/h8-11,15-16,18H,5-7,12H2,1-4H3. The van der Waals surface area contributed by atoms with Crippen LogP contribution in [0.2, 0.25) is 0 Å². The molecule has 0 heterocycles. The van der Waals surface area contributed by atoms with Crippen molar-refractivity contribution in [3.8, 4) is 5.75 Å². The Morgan fingerprint density at radius 3 is 2.40 bits per heavy atom. The monoisotopic (exact) mass is 277 g/mol. The first-order chi connectivity index (χ1) is 9.63. The Kier molecular flexibility index (Phi) is 4.92. The van der Waals surface area contributed by atoms with Gasteiger partial charge in [0.2, 0.25) is 0 Å². The quantitative estimate of drug-likeness (QED) is 0.814. The highest BCUT2D eigenvalue weighted by Gasteiger charge is 2.51. The van der Waals surface area contributed by atoms with Gasteiger partial charge in [0.25, 0.3) is 0 Å². The van der Waals surface area contributed by atoms with E-state index < -0.39 is 0 Å². The maximum atomic E-state index is 5.84. The van der Waals surface area contributed by atoms with E-state index in [0.717, 1.165) is 30.9 Å². The molecule has 1 aromatic carbocycles. The molecule has 0 aromatic heterocycles. The Morgan fingerprint density at radius 2 is 1.85 bits per heavy atom. The fraction of sp³-hybridized carbons (Fsp3) is 0.647. The highest BCUT2D eigenvalue weighted by molar-refractivity contribution is 5.48. The molecular formula is C17H27NO2. The normalized spacial score (nSPS) is 28.8. The van der Waals surface area contributed by atoms with E-state index in [1.54, 1.807) is 0 Å². The van der Waals surface area contributed by atoms with Crippen LogP contribution in [0.1, 0.15) is 40.5 Å². The zero-order valence-electron chi connectivity index (χ0n) is 13.1. The number of hydrogen-bond donors (Lipinski definition) is 1. The number of hydrogen-bond acceptors (Lipinski definition) is 3. The summed E-state index contributed by atoms with van der Waals surface area (Å²) in [5, 5.41) is 3.64. The van der Waals surface area contributed by atoms with Gasteiger partial charge in [-0.1, -0.05) is 13.8 Å². The molecule has 1 N–H and O–H groups in total. The Hall–Kier alpha value is -1.22. The minimum absolute atomic E-state index is 0.231. The SMILES string of the molecule is CCOc1ccc(NC2CC(OCC)C2(C)CC)cc1. The van der Waals surface area contributed by atoms with Crippen molar-refractivity contribution in [2.45, 2.75) is 52.7 Å². The minimum Gasteiger partial charge on any atom is -0.494 e. The molecule has 0 bridgehead atoms. The van der Waals surface area contributed by atoms with Crippen LogP contribution in [-0.4, -0.2) is 25.4 Å². The van der Waals surface area contributed by atoms with E-state index in [-0.39, 0.29) is 5.41 Å². The van der Waals surface area contributed by atoms with Crippen LogP contribution in [0, 0.1) is 5.41 Å². The highest BCUT2D eigenvalue weighted by Crippen LogP contribution is 2.47. The number of nitrogens with one attached hydrogen (secondary N) is 1. The molecule has 0 aliphatic heterocycles. The second-order valence-corrected chi connectivity index (χ2v) is 5.69. The van der Waals surface area contributed by atoms with Crippen LogP contribution >= 0.6 is 0 Å². The van der Waals surface area contributed by atoms with Gasteiger partial charge in [-0.3, -0.25) is 0 Å². The van der Waals surface area contributed by atoms with Crippen molar-refractivity contribution in [3.05, 3.63) is 24.3 Å². The molecule has 1 aliphatic carbocycles. The van der Waals surface area contributed by atoms with Gasteiger partial charge in [-0.2, -0.15) is 0 Å². The fourth-order valence-electron chi connectivity index (χ4n) is 2.99. The van der Waals surface area contributed by atoms with Crippen LogP contribution in [0.15, 0.2) is 24.3 Å².